The molecule has 2 aromatic rings. The van der Waals surface area contributed by atoms with Crippen LogP contribution in [0.5, 0.6) is 5.75 Å². The van der Waals surface area contributed by atoms with Crippen molar-refractivity contribution in [2.75, 3.05) is 0 Å². The van der Waals surface area contributed by atoms with E-state index in [0.717, 1.165) is 29.3 Å². The van der Waals surface area contributed by atoms with Gasteiger partial charge in [-0.3, -0.25) is 0 Å². The van der Waals surface area contributed by atoms with Gasteiger partial charge < -0.3 is 10.5 Å². The van der Waals surface area contributed by atoms with Gasteiger partial charge in [0, 0.05) is 10.9 Å². The second-order valence-electron chi connectivity index (χ2n) is 5.05. The van der Waals surface area contributed by atoms with E-state index in [2.05, 4.69) is 31.0 Å². The van der Waals surface area contributed by atoms with E-state index < -0.39 is 0 Å². The summed E-state index contributed by atoms with van der Waals surface area (Å²) in [4.78, 5) is 5.73. The van der Waals surface area contributed by atoms with E-state index in [0.29, 0.717) is 6.61 Å². The van der Waals surface area contributed by atoms with Crippen LogP contribution in [0.2, 0.25) is 0 Å². The maximum absolute atomic E-state index is 5.96. The number of aromatic nitrogens is 1. The highest BCUT2D eigenvalue weighted by atomic mass is 32.1. The molecule has 1 unspecified atom stereocenters. The first-order valence-electron chi connectivity index (χ1n) is 6.98. The summed E-state index contributed by atoms with van der Waals surface area (Å²) < 4.78 is 5.76. The maximum Gasteiger partial charge on any atom is 0.140 e. The van der Waals surface area contributed by atoms with Crippen molar-refractivity contribution in [1.29, 1.82) is 0 Å². The molecule has 0 aliphatic heterocycles. The van der Waals surface area contributed by atoms with Gasteiger partial charge in [-0.2, -0.15) is 0 Å². The van der Waals surface area contributed by atoms with Gasteiger partial charge in [-0.05, 0) is 44.4 Å². The summed E-state index contributed by atoms with van der Waals surface area (Å²) in [5.41, 5.74) is 8.31. The van der Waals surface area contributed by atoms with E-state index in [1.165, 1.54) is 10.4 Å². The molecule has 1 heterocycles. The van der Waals surface area contributed by atoms with E-state index in [-0.39, 0.29) is 6.04 Å². The van der Waals surface area contributed by atoms with Crippen LogP contribution in [0.3, 0.4) is 0 Å². The lowest BCUT2D eigenvalue weighted by Crippen LogP contribution is -2.21. The van der Waals surface area contributed by atoms with Crippen molar-refractivity contribution in [3.05, 3.63) is 45.4 Å². The van der Waals surface area contributed by atoms with Gasteiger partial charge in [-0.1, -0.05) is 19.1 Å². The van der Waals surface area contributed by atoms with Crippen molar-refractivity contribution in [3.63, 3.8) is 0 Å². The summed E-state index contributed by atoms with van der Waals surface area (Å²) in [6, 6.07) is 8.42. The Bertz CT molecular complexity index is 529. The lowest BCUT2D eigenvalue weighted by atomic mass is 10.0. The molecule has 4 heteroatoms. The van der Waals surface area contributed by atoms with Crippen LogP contribution in [0, 0.1) is 13.8 Å². The zero-order valence-corrected chi connectivity index (χ0v) is 13.2. The minimum Gasteiger partial charge on any atom is -0.486 e. The topological polar surface area (TPSA) is 48.1 Å². The summed E-state index contributed by atoms with van der Waals surface area (Å²) in [6.45, 7) is 6.76. The molecule has 3 nitrogen and oxygen atoms in total. The molecule has 0 aliphatic rings. The van der Waals surface area contributed by atoms with Crippen LogP contribution in [0.25, 0.3) is 0 Å². The van der Waals surface area contributed by atoms with Crippen molar-refractivity contribution in [2.45, 2.75) is 46.3 Å². The molecule has 0 aliphatic carbocycles. The molecule has 0 saturated heterocycles. The number of hydrogen-bond donors (Lipinski definition) is 1. The molecule has 0 saturated carbocycles. The van der Waals surface area contributed by atoms with Gasteiger partial charge in [0.05, 0.1) is 5.69 Å². The highest BCUT2D eigenvalue weighted by Crippen LogP contribution is 2.19. The molecular formula is C16H22N2OS. The van der Waals surface area contributed by atoms with Gasteiger partial charge in [0.15, 0.2) is 0 Å². The van der Waals surface area contributed by atoms with E-state index >= 15 is 0 Å². The third-order valence-electron chi connectivity index (χ3n) is 3.38. The van der Waals surface area contributed by atoms with Crippen LogP contribution >= 0.6 is 11.3 Å². The van der Waals surface area contributed by atoms with Crippen molar-refractivity contribution in [2.24, 2.45) is 5.73 Å². The summed E-state index contributed by atoms with van der Waals surface area (Å²) in [6.07, 6.45) is 1.92. The Hall–Kier alpha value is -1.39. The largest absolute Gasteiger partial charge is 0.486 e. The Kier molecular flexibility index (Phi) is 5.15. The first-order valence-corrected chi connectivity index (χ1v) is 7.80. The third-order valence-corrected chi connectivity index (χ3v) is 4.43. The number of nitrogens with zero attached hydrogens (tertiary/aromatic N) is 1. The number of ether oxygens (including phenoxy) is 1. The fourth-order valence-corrected chi connectivity index (χ4v) is 2.76. The lowest BCUT2D eigenvalue weighted by molar-refractivity contribution is 0.305. The minimum absolute atomic E-state index is 0.239. The van der Waals surface area contributed by atoms with E-state index in [1.54, 1.807) is 11.3 Å². The molecule has 2 rings (SSSR count). The number of nitrogens with two attached hydrogens (primary N) is 1. The molecular weight excluding hydrogens is 268 g/mol. The molecule has 2 N–H and O–H groups in total. The van der Waals surface area contributed by atoms with Gasteiger partial charge in [0.1, 0.15) is 17.4 Å². The zero-order chi connectivity index (χ0) is 14.5. The molecule has 1 aromatic heterocycles. The van der Waals surface area contributed by atoms with Crippen molar-refractivity contribution < 1.29 is 4.74 Å². The fraction of sp³-hybridized carbons (Fsp3) is 0.438. The molecule has 108 valence electrons. The van der Waals surface area contributed by atoms with Crippen LogP contribution in [-0.2, 0) is 13.0 Å². The van der Waals surface area contributed by atoms with Crippen LogP contribution in [0.4, 0.5) is 0 Å². The Labute approximate surface area is 124 Å². The quantitative estimate of drug-likeness (QED) is 0.884. The summed E-state index contributed by atoms with van der Waals surface area (Å²) >= 11 is 1.70. The van der Waals surface area contributed by atoms with E-state index in [4.69, 9.17) is 10.5 Å². The summed E-state index contributed by atoms with van der Waals surface area (Å²) in [7, 11) is 0. The Morgan fingerprint density at radius 2 is 1.95 bits per heavy atom. The van der Waals surface area contributed by atoms with Crippen LogP contribution in [-0.4, -0.2) is 11.0 Å². The first-order chi connectivity index (χ1) is 9.58. The summed E-state index contributed by atoms with van der Waals surface area (Å²) in [5.74, 6) is 0.879. The maximum atomic E-state index is 5.96. The van der Waals surface area contributed by atoms with Crippen LogP contribution < -0.4 is 10.5 Å². The standard InChI is InChI=1S/C16H22N2OS/c1-4-14(17)9-13-5-7-15(8-6-13)19-10-16-18-11(2)12(3)20-16/h5-8,14H,4,9-10,17H2,1-3H3. The number of aryl methyl sites for hydroxylation is 2. The van der Waals surface area contributed by atoms with Crippen LogP contribution in [0.1, 0.15) is 34.5 Å². The first kappa shape index (κ1) is 15.0. The van der Waals surface area contributed by atoms with Gasteiger partial charge in [0.2, 0.25) is 0 Å². The fourth-order valence-electron chi connectivity index (χ4n) is 1.91. The predicted molar refractivity (Wildman–Crippen MR) is 84.3 cm³/mol. The average molecular weight is 290 g/mol. The van der Waals surface area contributed by atoms with E-state index in [1.807, 2.05) is 19.1 Å². The van der Waals surface area contributed by atoms with Gasteiger partial charge in [-0.25, -0.2) is 4.98 Å². The Balaban J connectivity index is 1.90. The van der Waals surface area contributed by atoms with Gasteiger partial charge in [-0.15, -0.1) is 11.3 Å². The number of benzene rings is 1. The van der Waals surface area contributed by atoms with Crippen molar-refractivity contribution in [1.82, 2.24) is 4.98 Å². The van der Waals surface area contributed by atoms with Gasteiger partial charge >= 0.3 is 0 Å². The molecule has 0 amide bonds. The van der Waals surface area contributed by atoms with E-state index in [9.17, 15) is 0 Å². The smallest absolute Gasteiger partial charge is 0.140 e. The molecule has 1 aromatic carbocycles. The molecule has 20 heavy (non-hydrogen) atoms. The predicted octanol–water partition coefficient (Wildman–Crippen LogP) is 3.62. The van der Waals surface area contributed by atoms with Crippen molar-refractivity contribution >= 4 is 11.3 Å². The second kappa shape index (κ2) is 6.86. The van der Waals surface area contributed by atoms with Crippen molar-refractivity contribution in [3.8, 4) is 5.75 Å². The zero-order valence-electron chi connectivity index (χ0n) is 12.3. The summed E-state index contributed by atoms with van der Waals surface area (Å²) in [5, 5.41) is 1.03. The number of hydrogen-bond acceptors (Lipinski definition) is 4. The average Bonchev–Trinajstić information content (AvgIpc) is 2.77. The number of thiazole rings is 1. The Morgan fingerprint density at radius 3 is 2.50 bits per heavy atom. The normalized spacial score (nSPS) is 12.4. The molecule has 1 atom stereocenters. The second-order valence-corrected chi connectivity index (χ2v) is 6.34. The molecule has 0 spiro atoms. The third kappa shape index (κ3) is 4.05. The molecule has 0 radical (unpaired) electrons. The van der Waals surface area contributed by atoms with Gasteiger partial charge in [0.25, 0.3) is 0 Å². The minimum atomic E-state index is 0.239. The SMILES string of the molecule is CCC(N)Cc1ccc(OCc2nc(C)c(C)s2)cc1. The lowest BCUT2D eigenvalue weighted by Gasteiger charge is -2.09. The molecule has 0 fully saturated rings. The highest BCUT2D eigenvalue weighted by molar-refractivity contribution is 7.11. The number of rotatable bonds is 6. The van der Waals surface area contributed by atoms with Crippen LogP contribution in [0.15, 0.2) is 24.3 Å². The highest BCUT2D eigenvalue weighted by Gasteiger charge is 2.05. The molecule has 0 bridgehead atoms. The Morgan fingerprint density at radius 1 is 1.25 bits per heavy atom. The monoisotopic (exact) mass is 290 g/mol.